The first-order valence-corrected chi connectivity index (χ1v) is 7.69. The molecule has 0 aliphatic rings. The monoisotopic (exact) mass is 315 g/mol. The lowest BCUT2D eigenvalue weighted by Gasteiger charge is -2.23. The molecule has 0 unspecified atom stereocenters. The predicted molar refractivity (Wildman–Crippen MR) is 84.1 cm³/mol. The molecule has 0 saturated heterocycles. The Balaban J connectivity index is 4.85. The van der Waals surface area contributed by atoms with Crippen LogP contribution in [-0.4, -0.2) is 41.5 Å². The van der Waals surface area contributed by atoms with Crippen LogP contribution in [0.1, 0.15) is 47.0 Å². The molecular weight excluding hydrogens is 286 g/mol. The van der Waals surface area contributed by atoms with Crippen molar-refractivity contribution in [3.63, 3.8) is 0 Å². The van der Waals surface area contributed by atoms with Gasteiger partial charge in [-0.2, -0.15) is 0 Å². The standard InChI is InChI=1S/C15H29N3O4/c1-9(2)7-11(17-13(19)5-6-16)14(20)18-12(15(21)22)8-10(3)4/h9-12H,5-8,16H2,1-4H3,(H,17,19)(H,18,20)(H,21,22)/t11-,12-/m0/s1. The summed E-state index contributed by atoms with van der Waals surface area (Å²) in [6, 6.07) is -1.69. The minimum atomic E-state index is -1.07. The highest BCUT2D eigenvalue weighted by atomic mass is 16.4. The maximum atomic E-state index is 12.3. The van der Waals surface area contributed by atoms with Crippen LogP contribution in [0, 0.1) is 11.8 Å². The third-order valence-electron chi connectivity index (χ3n) is 3.05. The van der Waals surface area contributed by atoms with Crippen LogP contribution in [0.15, 0.2) is 0 Å². The van der Waals surface area contributed by atoms with Crippen molar-refractivity contribution in [1.29, 1.82) is 0 Å². The lowest BCUT2D eigenvalue weighted by atomic mass is 10.0. The fourth-order valence-corrected chi connectivity index (χ4v) is 2.07. The van der Waals surface area contributed by atoms with Gasteiger partial charge in [-0.3, -0.25) is 9.59 Å². The maximum Gasteiger partial charge on any atom is 0.326 e. The van der Waals surface area contributed by atoms with E-state index in [9.17, 15) is 19.5 Å². The van der Waals surface area contributed by atoms with Gasteiger partial charge >= 0.3 is 5.97 Å². The van der Waals surface area contributed by atoms with Crippen molar-refractivity contribution >= 4 is 17.8 Å². The summed E-state index contributed by atoms with van der Waals surface area (Å²) in [6.45, 7) is 7.83. The van der Waals surface area contributed by atoms with Crippen LogP contribution in [-0.2, 0) is 14.4 Å². The number of carbonyl (C=O) groups excluding carboxylic acids is 2. The van der Waals surface area contributed by atoms with E-state index in [4.69, 9.17) is 5.73 Å². The van der Waals surface area contributed by atoms with Gasteiger partial charge in [0.05, 0.1) is 0 Å². The fourth-order valence-electron chi connectivity index (χ4n) is 2.07. The molecule has 0 radical (unpaired) electrons. The van der Waals surface area contributed by atoms with Crippen LogP contribution in [0.25, 0.3) is 0 Å². The molecule has 0 heterocycles. The molecule has 0 aliphatic heterocycles. The molecule has 2 amide bonds. The summed E-state index contributed by atoms with van der Waals surface area (Å²) in [5.41, 5.74) is 5.32. The third-order valence-corrected chi connectivity index (χ3v) is 3.05. The van der Waals surface area contributed by atoms with Crippen molar-refractivity contribution in [1.82, 2.24) is 10.6 Å². The normalized spacial score (nSPS) is 13.8. The number of carboxylic acid groups (broad SMARTS) is 1. The van der Waals surface area contributed by atoms with Gasteiger partial charge in [0.2, 0.25) is 11.8 Å². The molecule has 5 N–H and O–H groups in total. The summed E-state index contributed by atoms with van der Waals surface area (Å²) in [6.07, 6.45) is 0.915. The van der Waals surface area contributed by atoms with E-state index in [1.807, 2.05) is 27.7 Å². The number of rotatable bonds is 10. The van der Waals surface area contributed by atoms with Crippen molar-refractivity contribution in [3.05, 3.63) is 0 Å². The van der Waals surface area contributed by atoms with E-state index in [0.29, 0.717) is 12.8 Å². The van der Waals surface area contributed by atoms with Crippen LogP contribution in [0.2, 0.25) is 0 Å². The zero-order valence-electron chi connectivity index (χ0n) is 13.9. The van der Waals surface area contributed by atoms with Crippen molar-refractivity contribution in [2.24, 2.45) is 17.6 Å². The van der Waals surface area contributed by atoms with Crippen LogP contribution in [0.3, 0.4) is 0 Å². The molecule has 0 rings (SSSR count). The zero-order valence-corrected chi connectivity index (χ0v) is 13.9. The molecular formula is C15H29N3O4. The summed E-state index contributed by atoms with van der Waals surface area (Å²) >= 11 is 0. The molecule has 0 spiro atoms. The van der Waals surface area contributed by atoms with E-state index < -0.39 is 24.0 Å². The Morgan fingerprint density at radius 1 is 0.955 bits per heavy atom. The summed E-state index contributed by atoms with van der Waals surface area (Å²) in [7, 11) is 0. The first-order valence-electron chi connectivity index (χ1n) is 7.69. The van der Waals surface area contributed by atoms with Gasteiger partial charge in [-0.25, -0.2) is 4.79 Å². The summed E-state index contributed by atoms with van der Waals surface area (Å²) in [5, 5.41) is 14.3. The van der Waals surface area contributed by atoms with E-state index in [1.165, 1.54) is 0 Å². The van der Waals surface area contributed by atoms with Gasteiger partial charge in [0, 0.05) is 13.0 Å². The highest BCUT2D eigenvalue weighted by Gasteiger charge is 2.27. The molecule has 0 aromatic carbocycles. The molecule has 128 valence electrons. The third kappa shape index (κ3) is 8.61. The van der Waals surface area contributed by atoms with Crippen molar-refractivity contribution < 1.29 is 19.5 Å². The van der Waals surface area contributed by atoms with E-state index in [-0.39, 0.29) is 30.7 Å². The Kier molecular flexibility index (Phi) is 9.40. The van der Waals surface area contributed by atoms with Crippen LogP contribution in [0.5, 0.6) is 0 Å². The molecule has 22 heavy (non-hydrogen) atoms. The zero-order chi connectivity index (χ0) is 17.3. The second-order valence-electron chi connectivity index (χ2n) is 6.32. The van der Waals surface area contributed by atoms with E-state index in [1.54, 1.807) is 0 Å². The van der Waals surface area contributed by atoms with Gasteiger partial charge in [0.25, 0.3) is 0 Å². The van der Waals surface area contributed by atoms with Gasteiger partial charge < -0.3 is 21.5 Å². The lowest BCUT2D eigenvalue weighted by molar-refractivity contribution is -0.142. The molecule has 0 saturated carbocycles. The van der Waals surface area contributed by atoms with Gasteiger partial charge in [-0.15, -0.1) is 0 Å². The number of hydrogen-bond acceptors (Lipinski definition) is 4. The van der Waals surface area contributed by atoms with Crippen molar-refractivity contribution in [3.8, 4) is 0 Å². The first kappa shape index (κ1) is 20.4. The average Bonchev–Trinajstić information content (AvgIpc) is 2.36. The molecule has 0 bridgehead atoms. The minimum absolute atomic E-state index is 0.135. The Morgan fingerprint density at radius 2 is 1.45 bits per heavy atom. The number of carboxylic acids is 1. The minimum Gasteiger partial charge on any atom is -0.480 e. The highest BCUT2D eigenvalue weighted by molar-refractivity contribution is 5.90. The van der Waals surface area contributed by atoms with Gasteiger partial charge in [0.15, 0.2) is 0 Å². The quantitative estimate of drug-likeness (QED) is 0.467. The number of nitrogens with two attached hydrogens (primary N) is 1. The average molecular weight is 315 g/mol. The first-order chi connectivity index (χ1) is 10.2. The van der Waals surface area contributed by atoms with Gasteiger partial charge in [0.1, 0.15) is 12.1 Å². The van der Waals surface area contributed by atoms with Gasteiger partial charge in [-0.05, 0) is 24.7 Å². The predicted octanol–water partition coefficient (Wildman–Crippen LogP) is 0.482. The van der Waals surface area contributed by atoms with Crippen LogP contribution in [0.4, 0.5) is 0 Å². The SMILES string of the molecule is CC(C)C[C@H](NC(=O)[C@H](CC(C)C)NC(=O)CCN)C(=O)O. The smallest absolute Gasteiger partial charge is 0.326 e. The molecule has 0 fully saturated rings. The molecule has 2 atom stereocenters. The number of aliphatic carboxylic acids is 1. The van der Waals surface area contributed by atoms with E-state index in [2.05, 4.69) is 10.6 Å². The maximum absolute atomic E-state index is 12.3. The molecule has 7 nitrogen and oxygen atoms in total. The molecule has 0 aliphatic carbocycles. The Labute approximate surface area is 132 Å². The number of nitrogens with one attached hydrogen (secondary N) is 2. The largest absolute Gasteiger partial charge is 0.480 e. The Morgan fingerprint density at radius 3 is 1.86 bits per heavy atom. The number of carbonyl (C=O) groups is 3. The second-order valence-corrected chi connectivity index (χ2v) is 6.32. The van der Waals surface area contributed by atoms with Crippen LogP contribution >= 0.6 is 0 Å². The number of hydrogen-bond donors (Lipinski definition) is 4. The van der Waals surface area contributed by atoms with Crippen LogP contribution < -0.4 is 16.4 Å². The second kappa shape index (κ2) is 10.2. The lowest BCUT2D eigenvalue weighted by Crippen LogP contribution is -2.52. The van der Waals surface area contributed by atoms with E-state index in [0.717, 1.165) is 0 Å². The Hall–Kier alpha value is -1.63. The Bertz CT molecular complexity index is 383. The summed E-state index contributed by atoms with van der Waals surface area (Å²) in [5.74, 6) is -1.52. The van der Waals surface area contributed by atoms with Gasteiger partial charge in [-0.1, -0.05) is 27.7 Å². The van der Waals surface area contributed by atoms with Crippen molar-refractivity contribution in [2.75, 3.05) is 6.54 Å². The number of amides is 2. The van der Waals surface area contributed by atoms with E-state index >= 15 is 0 Å². The van der Waals surface area contributed by atoms with Crippen molar-refractivity contribution in [2.45, 2.75) is 59.0 Å². The summed E-state index contributed by atoms with van der Waals surface area (Å²) < 4.78 is 0. The summed E-state index contributed by atoms with van der Waals surface area (Å²) in [4.78, 5) is 35.2. The highest BCUT2D eigenvalue weighted by Crippen LogP contribution is 2.09. The fraction of sp³-hybridized carbons (Fsp3) is 0.800. The molecule has 7 heteroatoms. The molecule has 0 aromatic heterocycles. The topological polar surface area (TPSA) is 122 Å². The molecule has 0 aromatic rings.